The van der Waals surface area contributed by atoms with Gasteiger partial charge < -0.3 is 10.6 Å². The van der Waals surface area contributed by atoms with Crippen LogP contribution in [0.1, 0.15) is 12.8 Å². The minimum absolute atomic E-state index is 0.0355. The minimum Gasteiger partial charge on any atom is -0.354 e. The molecule has 1 aliphatic rings. The number of nitrogens with one attached hydrogen (secondary N) is 2. The SMILES string of the molecule is O=C(CNc1ncc(-c2ccccc2)s1)NCC1CC1. The molecular weight excluding hydrogens is 270 g/mol. The second kappa shape index (κ2) is 6.05. The van der Waals surface area contributed by atoms with Crippen molar-refractivity contribution in [3.63, 3.8) is 0 Å². The van der Waals surface area contributed by atoms with Crippen molar-refractivity contribution >= 4 is 22.4 Å². The predicted molar refractivity (Wildman–Crippen MR) is 81.8 cm³/mol. The van der Waals surface area contributed by atoms with Crippen LogP contribution in [0.15, 0.2) is 36.5 Å². The largest absolute Gasteiger partial charge is 0.354 e. The van der Waals surface area contributed by atoms with Crippen LogP contribution in [0.3, 0.4) is 0 Å². The summed E-state index contributed by atoms with van der Waals surface area (Å²) >= 11 is 1.56. The van der Waals surface area contributed by atoms with Gasteiger partial charge >= 0.3 is 0 Å². The number of thiazole rings is 1. The van der Waals surface area contributed by atoms with Crippen LogP contribution in [0.4, 0.5) is 5.13 Å². The second-order valence-electron chi connectivity index (χ2n) is 5.00. The van der Waals surface area contributed by atoms with E-state index in [1.165, 1.54) is 12.8 Å². The Bertz CT molecular complexity index is 578. The van der Waals surface area contributed by atoms with Gasteiger partial charge in [-0.25, -0.2) is 4.98 Å². The Morgan fingerprint density at radius 3 is 2.85 bits per heavy atom. The third-order valence-corrected chi connectivity index (χ3v) is 4.25. The molecule has 20 heavy (non-hydrogen) atoms. The Hall–Kier alpha value is -1.88. The van der Waals surface area contributed by atoms with Gasteiger partial charge in [-0.3, -0.25) is 4.79 Å². The van der Waals surface area contributed by atoms with E-state index in [2.05, 4.69) is 27.8 Å². The fourth-order valence-electron chi connectivity index (χ4n) is 1.89. The maximum Gasteiger partial charge on any atom is 0.239 e. The molecule has 2 aromatic rings. The zero-order chi connectivity index (χ0) is 13.8. The summed E-state index contributed by atoms with van der Waals surface area (Å²) in [5.41, 5.74) is 1.15. The van der Waals surface area contributed by atoms with Gasteiger partial charge in [0.1, 0.15) is 0 Å². The van der Waals surface area contributed by atoms with Crippen molar-refractivity contribution in [2.24, 2.45) is 5.92 Å². The lowest BCUT2D eigenvalue weighted by molar-refractivity contribution is -0.119. The molecule has 0 saturated heterocycles. The summed E-state index contributed by atoms with van der Waals surface area (Å²) in [7, 11) is 0. The summed E-state index contributed by atoms with van der Waals surface area (Å²) < 4.78 is 0. The molecule has 0 atom stereocenters. The van der Waals surface area contributed by atoms with Gasteiger partial charge in [-0.2, -0.15) is 0 Å². The summed E-state index contributed by atoms with van der Waals surface area (Å²) in [5, 5.41) is 6.79. The molecule has 1 amide bonds. The van der Waals surface area contributed by atoms with Gasteiger partial charge in [-0.15, -0.1) is 0 Å². The summed E-state index contributed by atoms with van der Waals surface area (Å²) in [5.74, 6) is 0.747. The Balaban J connectivity index is 1.50. The third kappa shape index (κ3) is 3.57. The number of amides is 1. The van der Waals surface area contributed by atoms with Crippen LogP contribution in [-0.4, -0.2) is 24.0 Å². The molecule has 0 unspecified atom stereocenters. The lowest BCUT2D eigenvalue weighted by Crippen LogP contribution is -2.31. The van der Waals surface area contributed by atoms with Gasteiger partial charge in [0.05, 0.1) is 11.4 Å². The molecule has 0 spiro atoms. The first-order chi connectivity index (χ1) is 9.81. The van der Waals surface area contributed by atoms with Crippen molar-refractivity contribution < 1.29 is 4.79 Å². The monoisotopic (exact) mass is 287 g/mol. The van der Waals surface area contributed by atoms with E-state index in [1.807, 2.05) is 24.4 Å². The van der Waals surface area contributed by atoms with Gasteiger partial charge in [-0.05, 0) is 24.3 Å². The van der Waals surface area contributed by atoms with Crippen LogP contribution in [0, 0.1) is 5.92 Å². The maximum atomic E-state index is 11.6. The molecule has 2 N–H and O–H groups in total. The summed E-state index contributed by atoms with van der Waals surface area (Å²) in [6, 6.07) is 10.1. The Morgan fingerprint density at radius 1 is 1.30 bits per heavy atom. The van der Waals surface area contributed by atoms with E-state index in [1.54, 1.807) is 11.3 Å². The van der Waals surface area contributed by atoms with E-state index in [-0.39, 0.29) is 12.5 Å². The molecule has 104 valence electrons. The van der Waals surface area contributed by atoms with Gasteiger partial charge in [0.15, 0.2) is 5.13 Å². The van der Waals surface area contributed by atoms with Crippen molar-refractivity contribution in [1.82, 2.24) is 10.3 Å². The van der Waals surface area contributed by atoms with Crippen LogP contribution in [0.2, 0.25) is 0 Å². The summed E-state index contributed by atoms with van der Waals surface area (Å²) in [4.78, 5) is 17.0. The molecule has 1 aromatic carbocycles. The standard InChI is InChI=1S/C15H17N3OS/c19-14(16-8-11-6-7-11)10-18-15-17-9-13(20-15)12-4-2-1-3-5-12/h1-5,9,11H,6-8,10H2,(H,16,19)(H,17,18). The quantitative estimate of drug-likeness (QED) is 0.859. The van der Waals surface area contributed by atoms with Crippen LogP contribution in [0.5, 0.6) is 0 Å². The topological polar surface area (TPSA) is 54.0 Å². The molecular formula is C15H17N3OS. The summed E-state index contributed by atoms with van der Waals surface area (Å²) in [6.07, 6.45) is 4.34. The van der Waals surface area contributed by atoms with Crippen molar-refractivity contribution in [1.29, 1.82) is 0 Å². The van der Waals surface area contributed by atoms with E-state index >= 15 is 0 Å². The number of rotatable bonds is 6. The van der Waals surface area contributed by atoms with Crippen LogP contribution < -0.4 is 10.6 Å². The number of hydrogen-bond acceptors (Lipinski definition) is 4. The highest BCUT2D eigenvalue weighted by atomic mass is 32.1. The molecule has 3 rings (SSSR count). The highest BCUT2D eigenvalue weighted by Gasteiger charge is 2.21. The maximum absolute atomic E-state index is 11.6. The number of aromatic nitrogens is 1. The number of carbonyl (C=O) groups is 1. The summed E-state index contributed by atoms with van der Waals surface area (Å²) in [6.45, 7) is 1.10. The first-order valence-electron chi connectivity index (χ1n) is 6.83. The molecule has 1 heterocycles. The van der Waals surface area contributed by atoms with Crippen LogP contribution in [0.25, 0.3) is 10.4 Å². The van der Waals surface area contributed by atoms with Crippen molar-refractivity contribution in [2.45, 2.75) is 12.8 Å². The molecule has 1 aromatic heterocycles. The zero-order valence-corrected chi connectivity index (χ0v) is 12.0. The predicted octanol–water partition coefficient (Wildman–Crippen LogP) is 2.75. The Kier molecular flexibility index (Phi) is 3.97. The number of nitrogens with zero attached hydrogens (tertiary/aromatic N) is 1. The lowest BCUT2D eigenvalue weighted by atomic mass is 10.2. The van der Waals surface area contributed by atoms with E-state index in [0.717, 1.165) is 22.1 Å². The molecule has 0 bridgehead atoms. The minimum atomic E-state index is 0.0355. The smallest absolute Gasteiger partial charge is 0.239 e. The zero-order valence-electron chi connectivity index (χ0n) is 11.1. The number of anilines is 1. The molecule has 0 aliphatic heterocycles. The lowest BCUT2D eigenvalue weighted by Gasteiger charge is -2.04. The first-order valence-corrected chi connectivity index (χ1v) is 7.65. The molecule has 1 saturated carbocycles. The van der Waals surface area contributed by atoms with Gasteiger partial charge in [0, 0.05) is 12.7 Å². The highest BCUT2D eigenvalue weighted by molar-refractivity contribution is 7.18. The number of hydrogen-bond donors (Lipinski definition) is 2. The Morgan fingerprint density at radius 2 is 2.10 bits per heavy atom. The molecule has 1 fully saturated rings. The Labute approximate surface area is 122 Å². The molecule has 5 heteroatoms. The molecule has 1 aliphatic carbocycles. The highest BCUT2D eigenvalue weighted by Crippen LogP contribution is 2.28. The van der Waals surface area contributed by atoms with E-state index in [9.17, 15) is 4.79 Å². The van der Waals surface area contributed by atoms with Gasteiger partial charge in [-0.1, -0.05) is 41.7 Å². The second-order valence-corrected chi connectivity index (χ2v) is 6.03. The van der Waals surface area contributed by atoms with Gasteiger partial charge in [0.25, 0.3) is 0 Å². The van der Waals surface area contributed by atoms with E-state index < -0.39 is 0 Å². The van der Waals surface area contributed by atoms with E-state index in [0.29, 0.717) is 5.92 Å². The third-order valence-electron chi connectivity index (χ3n) is 3.25. The van der Waals surface area contributed by atoms with Crippen molar-refractivity contribution in [3.8, 4) is 10.4 Å². The van der Waals surface area contributed by atoms with Crippen molar-refractivity contribution in [2.75, 3.05) is 18.4 Å². The average Bonchev–Trinajstić information content (AvgIpc) is 3.20. The van der Waals surface area contributed by atoms with Crippen LogP contribution in [-0.2, 0) is 4.79 Å². The van der Waals surface area contributed by atoms with Crippen LogP contribution >= 0.6 is 11.3 Å². The van der Waals surface area contributed by atoms with Gasteiger partial charge in [0.2, 0.25) is 5.91 Å². The first kappa shape index (κ1) is 13.1. The fraction of sp³-hybridized carbons (Fsp3) is 0.333. The number of carbonyl (C=O) groups excluding carboxylic acids is 1. The molecule has 4 nitrogen and oxygen atoms in total. The van der Waals surface area contributed by atoms with E-state index in [4.69, 9.17) is 0 Å². The molecule has 0 radical (unpaired) electrons. The van der Waals surface area contributed by atoms with Crippen molar-refractivity contribution in [3.05, 3.63) is 36.5 Å². The normalized spacial score (nSPS) is 14.0. The number of benzene rings is 1. The fourth-order valence-corrected chi connectivity index (χ4v) is 2.71. The average molecular weight is 287 g/mol.